The fourth-order valence-electron chi connectivity index (χ4n) is 1.92. The first-order valence-corrected chi connectivity index (χ1v) is 6.72. The van der Waals surface area contributed by atoms with E-state index in [1.807, 2.05) is 18.2 Å². The van der Waals surface area contributed by atoms with Crippen LogP contribution in [0.25, 0.3) is 6.08 Å². The summed E-state index contributed by atoms with van der Waals surface area (Å²) in [6.07, 6.45) is 4.52. The molecule has 0 heterocycles. The molecule has 0 amide bonds. The number of carboxylic acids is 1. The summed E-state index contributed by atoms with van der Waals surface area (Å²) in [5, 5.41) is 9.40. The van der Waals surface area contributed by atoms with Crippen molar-refractivity contribution in [2.24, 2.45) is 0 Å². The molecule has 3 nitrogen and oxygen atoms in total. The molecule has 0 aromatic heterocycles. The van der Waals surface area contributed by atoms with Crippen molar-refractivity contribution in [1.29, 1.82) is 0 Å². The minimum atomic E-state index is -0.975. The maximum absolute atomic E-state index is 10.7. The topological polar surface area (TPSA) is 40.5 Å². The summed E-state index contributed by atoms with van der Waals surface area (Å²) in [7, 11) is 0. The molecule has 0 fully saturated rings. The fourth-order valence-corrected chi connectivity index (χ4v) is 2.08. The molecular formula is C16H20ClNO2. The van der Waals surface area contributed by atoms with Crippen LogP contribution in [0.15, 0.2) is 36.9 Å². The molecule has 1 aromatic rings. The van der Waals surface area contributed by atoms with Crippen molar-refractivity contribution in [3.8, 4) is 0 Å². The number of hydrogen-bond donors (Lipinski definition) is 1. The number of halogens is 1. The van der Waals surface area contributed by atoms with E-state index in [0.717, 1.165) is 17.3 Å². The molecular weight excluding hydrogens is 274 g/mol. The average Bonchev–Trinajstić information content (AvgIpc) is 2.32. The van der Waals surface area contributed by atoms with Crippen LogP contribution in [0.3, 0.4) is 0 Å². The van der Waals surface area contributed by atoms with Crippen molar-refractivity contribution < 1.29 is 9.90 Å². The van der Waals surface area contributed by atoms with E-state index in [-0.39, 0.29) is 5.54 Å². The Bertz CT molecular complexity index is 530. The smallest absolute Gasteiger partial charge is 0.328 e. The Kier molecular flexibility index (Phi) is 5.40. The Hall–Kier alpha value is -1.74. The molecule has 20 heavy (non-hydrogen) atoms. The molecule has 0 aliphatic rings. The van der Waals surface area contributed by atoms with Crippen LogP contribution in [0.2, 0.25) is 5.02 Å². The first-order chi connectivity index (χ1) is 9.25. The second-order valence-corrected chi connectivity index (χ2v) is 5.88. The molecule has 0 atom stereocenters. The Morgan fingerprint density at radius 2 is 2.10 bits per heavy atom. The van der Waals surface area contributed by atoms with E-state index in [0.29, 0.717) is 11.6 Å². The van der Waals surface area contributed by atoms with Gasteiger partial charge in [0.15, 0.2) is 0 Å². The summed E-state index contributed by atoms with van der Waals surface area (Å²) in [6.45, 7) is 10.7. The van der Waals surface area contributed by atoms with Gasteiger partial charge in [0, 0.05) is 28.9 Å². The van der Waals surface area contributed by atoms with Crippen LogP contribution in [-0.4, -0.2) is 23.2 Å². The lowest BCUT2D eigenvalue weighted by molar-refractivity contribution is -0.131. The van der Waals surface area contributed by atoms with Gasteiger partial charge < -0.3 is 10.0 Å². The van der Waals surface area contributed by atoms with Gasteiger partial charge in [-0.15, -0.1) is 6.58 Å². The number of anilines is 1. The van der Waals surface area contributed by atoms with Crippen molar-refractivity contribution in [1.82, 2.24) is 0 Å². The maximum atomic E-state index is 10.7. The van der Waals surface area contributed by atoms with E-state index in [1.54, 1.807) is 12.1 Å². The van der Waals surface area contributed by atoms with Gasteiger partial charge in [-0.1, -0.05) is 23.7 Å². The molecule has 0 aliphatic heterocycles. The standard InChI is InChI=1S/C16H20ClNO2/c1-5-10-18(16(2,3)4)14-11-13(17)8-6-12(14)7-9-15(19)20/h5-9,11H,1,10H2,2-4H3,(H,19,20)/b9-7+. The third kappa shape index (κ3) is 4.42. The van der Waals surface area contributed by atoms with Crippen LogP contribution in [-0.2, 0) is 4.79 Å². The summed E-state index contributed by atoms with van der Waals surface area (Å²) >= 11 is 6.08. The van der Waals surface area contributed by atoms with E-state index in [4.69, 9.17) is 16.7 Å². The molecule has 0 saturated heterocycles. The van der Waals surface area contributed by atoms with Crippen molar-refractivity contribution in [2.75, 3.05) is 11.4 Å². The van der Waals surface area contributed by atoms with Gasteiger partial charge in [-0.2, -0.15) is 0 Å². The lowest BCUT2D eigenvalue weighted by Crippen LogP contribution is -2.42. The van der Waals surface area contributed by atoms with E-state index in [1.165, 1.54) is 0 Å². The number of nitrogens with zero attached hydrogens (tertiary/aromatic N) is 1. The zero-order valence-corrected chi connectivity index (χ0v) is 12.8. The zero-order valence-electron chi connectivity index (χ0n) is 12.1. The van der Waals surface area contributed by atoms with Gasteiger partial charge in [-0.05, 0) is 44.5 Å². The summed E-state index contributed by atoms with van der Waals surface area (Å²) in [5.41, 5.74) is 1.57. The lowest BCUT2D eigenvalue weighted by atomic mass is 10.0. The van der Waals surface area contributed by atoms with Gasteiger partial charge in [-0.25, -0.2) is 4.79 Å². The highest BCUT2D eigenvalue weighted by Crippen LogP contribution is 2.31. The molecule has 1 rings (SSSR count). The highest BCUT2D eigenvalue weighted by atomic mass is 35.5. The fraction of sp³-hybridized carbons (Fsp3) is 0.312. The Labute approximate surface area is 125 Å². The predicted molar refractivity (Wildman–Crippen MR) is 85.4 cm³/mol. The monoisotopic (exact) mass is 293 g/mol. The SMILES string of the molecule is C=CCN(c1cc(Cl)ccc1/C=C/C(=O)O)C(C)(C)C. The molecule has 0 spiro atoms. The first-order valence-electron chi connectivity index (χ1n) is 6.35. The Balaban J connectivity index is 3.34. The van der Waals surface area contributed by atoms with Crippen molar-refractivity contribution >= 4 is 29.3 Å². The largest absolute Gasteiger partial charge is 0.478 e. The maximum Gasteiger partial charge on any atom is 0.328 e. The predicted octanol–water partition coefficient (Wildman–Crippen LogP) is 4.23. The molecule has 108 valence electrons. The van der Waals surface area contributed by atoms with E-state index < -0.39 is 5.97 Å². The van der Waals surface area contributed by atoms with Crippen LogP contribution >= 0.6 is 11.6 Å². The molecule has 4 heteroatoms. The first kappa shape index (κ1) is 16.3. The summed E-state index contributed by atoms with van der Waals surface area (Å²) in [6, 6.07) is 5.41. The quantitative estimate of drug-likeness (QED) is 0.652. The molecule has 0 aliphatic carbocycles. The zero-order chi connectivity index (χ0) is 15.3. The van der Waals surface area contributed by atoms with Gasteiger partial charge in [0.05, 0.1) is 0 Å². The van der Waals surface area contributed by atoms with Crippen molar-refractivity contribution in [3.63, 3.8) is 0 Å². The number of aliphatic carboxylic acids is 1. The van der Waals surface area contributed by atoms with Gasteiger partial charge in [0.25, 0.3) is 0 Å². The minimum absolute atomic E-state index is 0.134. The molecule has 1 N–H and O–H groups in total. The highest BCUT2D eigenvalue weighted by Gasteiger charge is 2.22. The second-order valence-electron chi connectivity index (χ2n) is 5.44. The molecule has 0 saturated carbocycles. The van der Waals surface area contributed by atoms with Gasteiger partial charge >= 0.3 is 5.97 Å². The number of rotatable bonds is 5. The van der Waals surface area contributed by atoms with E-state index >= 15 is 0 Å². The molecule has 1 aromatic carbocycles. The summed E-state index contributed by atoms with van der Waals surface area (Å²) in [5.74, 6) is -0.975. The number of hydrogen-bond acceptors (Lipinski definition) is 2. The molecule has 0 radical (unpaired) electrons. The van der Waals surface area contributed by atoms with Crippen LogP contribution in [0, 0.1) is 0 Å². The number of carboxylic acid groups (broad SMARTS) is 1. The Morgan fingerprint density at radius 3 is 2.60 bits per heavy atom. The van der Waals surface area contributed by atoms with Gasteiger partial charge in [0.2, 0.25) is 0 Å². The normalized spacial score (nSPS) is 11.6. The molecule has 0 unspecified atom stereocenters. The van der Waals surface area contributed by atoms with Crippen LogP contribution in [0.1, 0.15) is 26.3 Å². The minimum Gasteiger partial charge on any atom is -0.478 e. The van der Waals surface area contributed by atoms with Crippen molar-refractivity contribution in [2.45, 2.75) is 26.3 Å². The number of benzene rings is 1. The summed E-state index contributed by atoms with van der Waals surface area (Å²) < 4.78 is 0. The third-order valence-corrected chi connectivity index (χ3v) is 3.05. The van der Waals surface area contributed by atoms with Crippen LogP contribution in [0.5, 0.6) is 0 Å². The average molecular weight is 294 g/mol. The lowest BCUT2D eigenvalue weighted by Gasteiger charge is -2.38. The van der Waals surface area contributed by atoms with Crippen molar-refractivity contribution in [3.05, 3.63) is 47.5 Å². The van der Waals surface area contributed by atoms with E-state index in [2.05, 4.69) is 32.3 Å². The van der Waals surface area contributed by atoms with Gasteiger partial charge in [0.1, 0.15) is 0 Å². The summed E-state index contributed by atoms with van der Waals surface area (Å²) in [4.78, 5) is 12.8. The molecule has 0 bridgehead atoms. The number of carbonyl (C=O) groups is 1. The van der Waals surface area contributed by atoms with Gasteiger partial charge in [-0.3, -0.25) is 0 Å². The van der Waals surface area contributed by atoms with E-state index in [9.17, 15) is 4.79 Å². The van der Waals surface area contributed by atoms with Crippen LogP contribution in [0.4, 0.5) is 5.69 Å². The Morgan fingerprint density at radius 1 is 1.45 bits per heavy atom. The van der Waals surface area contributed by atoms with Crippen LogP contribution < -0.4 is 4.90 Å². The third-order valence-electron chi connectivity index (χ3n) is 2.81. The second kappa shape index (κ2) is 6.62. The highest BCUT2D eigenvalue weighted by molar-refractivity contribution is 6.31.